The minimum absolute atomic E-state index is 0.00301. The number of aromatic nitrogens is 2. The first kappa shape index (κ1) is 39.2. The molecule has 4 aliphatic heterocycles. The van der Waals surface area contributed by atoms with Gasteiger partial charge in [-0.1, -0.05) is 27.7 Å². The molecule has 0 spiro atoms. The molecule has 4 atom stereocenters. The molecule has 0 radical (unpaired) electrons. The number of H-pyrrole nitrogens is 2. The lowest BCUT2D eigenvalue weighted by atomic mass is 9.89. The summed E-state index contributed by atoms with van der Waals surface area (Å²) in [6.45, 7) is 8.53. The summed E-state index contributed by atoms with van der Waals surface area (Å²) in [5.41, 5.74) is 8.74. The first-order valence-electron chi connectivity index (χ1n) is 20.1. The molecule has 13 heteroatoms. The number of amides is 3. The van der Waals surface area contributed by atoms with E-state index in [0.29, 0.717) is 19.5 Å². The van der Waals surface area contributed by atoms with E-state index in [2.05, 4.69) is 39.6 Å². The lowest BCUT2D eigenvalue weighted by Gasteiger charge is -2.31. The average Bonchev–Trinajstić information content (AvgIpc) is 4.02. The van der Waals surface area contributed by atoms with Gasteiger partial charge in [-0.15, -0.1) is 0 Å². The number of aliphatic hydroxyl groups is 1. The predicted molar refractivity (Wildman–Crippen MR) is 217 cm³/mol. The Bertz CT molecular complexity index is 1940. The van der Waals surface area contributed by atoms with Crippen molar-refractivity contribution in [3.8, 4) is 0 Å². The van der Waals surface area contributed by atoms with Gasteiger partial charge in [0.05, 0.1) is 19.2 Å². The summed E-state index contributed by atoms with van der Waals surface area (Å²) in [6, 6.07) is 8.00. The number of alkyl carbamates (subject to hydrolysis) is 1. The summed E-state index contributed by atoms with van der Waals surface area (Å²) >= 11 is 0. The van der Waals surface area contributed by atoms with Gasteiger partial charge in [-0.25, -0.2) is 4.79 Å². The van der Waals surface area contributed by atoms with Crippen LogP contribution >= 0.6 is 0 Å². The van der Waals surface area contributed by atoms with E-state index in [1.54, 1.807) is 0 Å². The minimum atomic E-state index is -0.652. The zero-order valence-electron chi connectivity index (χ0n) is 33.2. The Hall–Kier alpha value is -5.04. The molecule has 6 heterocycles. The first-order chi connectivity index (χ1) is 26.9. The highest BCUT2D eigenvalue weighted by atomic mass is 16.5. The van der Waals surface area contributed by atoms with E-state index in [0.717, 1.165) is 89.6 Å². The Kier molecular flexibility index (Phi) is 11.6. The second-order valence-corrected chi connectivity index (χ2v) is 16.6. The van der Waals surface area contributed by atoms with E-state index in [9.17, 15) is 24.3 Å². The number of fused-ring (bicyclic) bond motifs is 2. The first-order valence-corrected chi connectivity index (χ1v) is 20.1. The van der Waals surface area contributed by atoms with E-state index in [4.69, 9.17) is 14.7 Å². The second kappa shape index (κ2) is 16.6. The number of ether oxygens (including phenoxy) is 1. The minimum Gasteiger partial charge on any atom is -0.453 e. The summed E-state index contributed by atoms with van der Waals surface area (Å²) in [5, 5.41) is 14.3. The molecule has 3 amide bonds. The number of nitrogens with one attached hydrogen (secondary N) is 3. The quantitative estimate of drug-likeness (QED) is 0.162. The molecule has 4 N–H and O–H groups in total. The topological polar surface area (TPSA) is 173 Å². The van der Waals surface area contributed by atoms with Crippen LogP contribution in [0.4, 0.5) is 4.79 Å². The van der Waals surface area contributed by atoms with Crippen LogP contribution in [-0.2, 0) is 32.0 Å². The van der Waals surface area contributed by atoms with E-state index in [1.807, 2.05) is 49.9 Å². The number of aromatic amines is 2. The van der Waals surface area contributed by atoms with Gasteiger partial charge in [0.1, 0.15) is 12.6 Å². The van der Waals surface area contributed by atoms with E-state index in [1.165, 1.54) is 18.3 Å². The average molecular weight is 766 g/mol. The molecule has 0 bridgehead atoms. The smallest absolute Gasteiger partial charge is 0.407 e. The molecule has 1 aromatic carbocycles. The van der Waals surface area contributed by atoms with Crippen molar-refractivity contribution in [2.75, 3.05) is 26.8 Å². The van der Waals surface area contributed by atoms with E-state index in [-0.39, 0.29) is 47.9 Å². The lowest BCUT2D eigenvalue weighted by molar-refractivity contribution is -0.140. The van der Waals surface area contributed by atoms with Crippen molar-refractivity contribution < 1.29 is 29.0 Å². The molecule has 3 aromatic rings. The fraction of sp³-hybridized carbons (Fsp3) is 0.535. The van der Waals surface area contributed by atoms with Crippen molar-refractivity contribution >= 4 is 56.9 Å². The van der Waals surface area contributed by atoms with Crippen LogP contribution in [0.3, 0.4) is 0 Å². The number of rotatable bonds is 14. The number of aliphatic hydroxyl groups excluding tert-OH is 1. The van der Waals surface area contributed by atoms with Gasteiger partial charge in [-0.05, 0) is 72.9 Å². The lowest BCUT2D eigenvalue weighted by Crippen LogP contribution is -2.53. The van der Waals surface area contributed by atoms with Crippen LogP contribution in [-0.4, -0.2) is 105 Å². The van der Waals surface area contributed by atoms with Gasteiger partial charge in [0.2, 0.25) is 11.8 Å². The van der Waals surface area contributed by atoms with E-state index >= 15 is 0 Å². The number of aliphatic imine (C=N–C) groups is 2. The Morgan fingerprint density at radius 2 is 1.34 bits per heavy atom. The van der Waals surface area contributed by atoms with Gasteiger partial charge in [0.25, 0.3) is 0 Å². The summed E-state index contributed by atoms with van der Waals surface area (Å²) in [7, 11) is 1.30. The number of hydrogen-bond acceptors (Lipinski definition) is 8. The van der Waals surface area contributed by atoms with Gasteiger partial charge in [-0.3, -0.25) is 24.4 Å². The third-order valence-electron chi connectivity index (χ3n) is 11.9. The van der Waals surface area contributed by atoms with Gasteiger partial charge in [0.15, 0.2) is 5.78 Å². The highest BCUT2D eigenvalue weighted by molar-refractivity contribution is 6.00. The summed E-state index contributed by atoms with van der Waals surface area (Å²) < 4.78 is 4.77. The van der Waals surface area contributed by atoms with Crippen molar-refractivity contribution in [3.05, 3.63) is 59.2 Å². The van der Waals surface area contributed by atoms with Crippen LogP contribution in [0.2, 0.25) is 0 Å². The fourth-order valence-electron chi connectivity index (χ4n) is 8.95. The molecule has 2 aromatic heterocycles. The Morgan fingerprint density at radius 1 is 0.804 bits per heavy atom. The molecule has 2 fully saturated rings. The maximum atomic E-state index is 13.6. The summed E-state index contributed by atoms with van der Waals surface area (Å²) in [5.74, 6) is -0.909. The molecule has 0 saturated carbocycles. The van der Waals surface area contributed by atoms with E-state index < -0.39 is 24.7 Å². The number of allylic oxidation sites excluding steroid dienone is 2. The van der Waals surface area contributed by atoms with Crippen LogP contribution in [0.25, 0.3) is 21.8 Å². The summed E-state index contributed by atoms with van der Waals surface area (Å²) in [6.07, 6.45) is 9.80. The molecule has 7 rings (SSSR count). The maximum absolute atomic E-state index is 13.6. The normalized spacial score (nSPS) is 20.9. The third kappa shape index (κ3) is 8.23. The number of benzene rings is 1. The molecule has 13 nitrogen and oxygen atoms in total. The molecule has 298 valence electrons. The third-order valence-corrected chi connectivity index (χ3v) is 11.9. The van der Waals surface area contributed by atoms with Gasteiger partial charge < -0.3 is 34.9 Å². The Morgan fingerprint density at radius 3 is 1.82 bits per heavy atom. The van der Waals surface area contributed by atoms with Crippen molar-refractivity contribution in [2.24, 2.45) is 27.7 Å². The molecule has 4 aliphatic rings. The van der Waals surface area contributed by atoms with Crippen LogP contribution in [0, 0.1) is 17.8 Å². The zero-order chi connectivity index (χ0) is 39.7. The maximum Gasteiger partial charge on any atom is 0.407 e. The number of carbonyl (C=O) groups excluding carboxylic acids is 4. The number of Topliss-reactive ketones (excluding diaryl/α,β-unsaturated/α-hetero) is 1. The van der Waals surface area contributed by atoms with Crippen LogP contribution in [0.5, 0.6) is 0 Å². The SMILES string of the molecule is COC(=O)N[C@H](C(=O)N1CCCC1C1=NC=C(Cc2cc3cc4cc(CC5=CN=C(C6CCCN6C(=O)C(CC(=O)CO)C(C)C)C5)[nH]c4cc3[nH]2)C1)C(C)C. The monoisotopic (exact) mass is 765 g/mol. The largest absolute Gasteiger partial charge is 0.453 e. The molecular formula is C43H55N7O6. The number of ketones is 1. The number of hydrogen-bond donors (Lipinski definition) is 4. The molecule has 0 aliphatic carbocycles. The Balaban J connectivity index is 0.942. The van der Waals surface area contributed by atoms with Crippen molar-refractivity contribution in [1.29, 1.82) is 0 Å². The van der Waals surface area contributed by atoms with Crippen molar-refractivity contribution in [1.82, 2.24) is 25.1 Å². The van der Waals surface area contributed by atoms with Gasteiger partial charge in [-0.2, -0.15) is 0 Å². The van der Waals surface area contributed by atoms with Crippen LogP contribution < -0.4 is 5.32 Å². The zero-order valence-corrected chi connectivity index (χ0v) is 33.2. The number of likely N-dealkylation sites (tertiary alicyclic amines) is 2. The van der Waals surface area contributed by atoms with Crippen LogP contribution in [0.1, 0.15) is 84.0 Å². The van der Waals surface area contributed by atoms with Gasteiger partial charge >= 0.3 is 6.09 Å². The van der Waals surface area contributed by atoms with Gasteiger partial charge in [0, 0.05) is 108 Å². The fourth-order valence-corrected chi connectivity index (χ4v) is 8.95. The highest BCUT2D eigenvalue weighted by Gasteiger charge is 2.40. The molecular weight excluding hydrogens is 711 g/mol. The molecule has 56 heavy (non-hydrogen) atoms. The Labute approximate surface area is 327 Å². The summed E-state index contributed by atoms with van der Waals surface area (Å²) in [4.78, 5) is 71.8. The molecule has 2 saturated heterocycles. The predicted octanol–water partition coefficient (Wildman–Crippen LogP) is 5.78. The van der Waals surface area contributed by atoms with Crippen molar-refractivity contribution in [2.45, 2.75) is 104 Å². The second-order valence-electron chi connectivity index (χ2n) is 16.6. The standard InChI is InChI=1S/C43H55N7O6/c1-24(2)33(19-32(52)23-51)41(53)49-10-6-8-38(49)36-14-26(21-44-36)12-30-17-28-16-29-18-31(47-35(29)20-34(28)46-30)13-27-15-37(45-22-27)39-9-7-11-50(39)42(54)40(25(3)4)48-43(55)56-5/h16-18,20-22,24-25,33,38-40,46-47,51H,6-15,19,23H2,1-5H3,(H,48,55)/t33?,38?,39?,40-/m0/s1. The molecule has 3 unspecified atom stereocenters. The number of methoxy groups -OCH3 is 1. The highest BCUT2D eigenvalue weighted by Crippen LogP contribution is 2.32. The van der Waals surface area contributed by atoms with Crippen molar-refractivity contribution in [3.63, 3.8) is 0 Å². The number of nitrogens with zero attached hydrogens (tertiary/aromatic N) is 4. The number of carbonyl (C=O) groups is 4. The van der Waals surface area contributed by atoms with Crippen LogP contribution in [0.15, 0.2) is 57.8 Å².